The van der Waals surface area contributed by atoms with E-state index in [4.69, 9.17) is 9.47 Å². The number of anilines is 1. The summed E-state index contributed by atoms with van der Waals surface area (Å²) in [5, 5.41) is 15.5. The molecule has 1 amide bonds. The third kappa shape index (κ3) is 11.3. The second-order valence-electron chi connectivity index (χ2n) is 12.7. The van der Waals surface area contributed by atoms with Crippen molar-refractivity contribution in [2.45, 2.75) is 97.6 Å². The summed E-state index contributed by atoms with van der Waals surface area (Å²) >= 11 is 0. The summed E-state index contributed by atoms with van der Waals surface area (Å²) in [6.07, 6.45) is 4.79. The number of unbranched alkanes of at least 4 members (excludes halogenated alkanes) is 1. The van der Waals surface area contributed by atoms with Crippen LogP contribution in [-0.4, -0.2) is 47.3 Å². The number of carbonyl (C=O) groups is 2. The van der Waals surface area contributed by atoms with Gasteiger partial charge < -0.3 is 25.2 Å². The van der Waals surface area contributed by atoms with Gasteiger partial charge in [0.25, 0.3) is 0 Å². The summed E-state index contributed by atoms with van der Waals surface area (Å²) in [6, 6.07) is 7.63. The van der Waals surface area contributed by atoms with E-state index in [0.717, 1.165) is 43.7 Å². The zero-order valence-corrected chi connectivity index (χ0v) is 25.1. The van der Waals surface area contributed by atoms with Crippen molar-refractivity contribution in [3.05, 3.63) is 53.0 Å². The molecule has 0 aliphatic carbocycles. The van der Waals surface area contributed by atoms with Crippen LogP contribution in [0, 0.1) is 11.2 Å². The molecular formula is C32H46FN3O5. The highest BCUT2D eigenvalue weighted by atomic mass is 19.1. The molecule has 226 valence electrons. The molecule has 0 radical (unpaired) electrons. The van der Waals surface area contributed by atoms with E-state index in [1.165, 1.54) is 17.7 Å². The molecule has 8 nitrogen and oxygen atoms in total. The number of ether oxygens (including phenoxy) is 2. The van der Waals surface area contributed by atoms with Crippen molar-refractivity contribution in [1.29, 1.82) is 0 Å². The van der Waals surface area contributed by atoms with Crippen LogP contribution in [0.5, 0.6) is 5.75 Å². The minimum Gasteiger partial charge on any atom is -0.490 e. The molecule has 3 rings (SSSR count). The lowest BCUT2D eigenvalue weighted by atomic mass is 9.97. The number of fused-ring (bicyclic) bond motifs is 1. The number of nitrogens with one attached hydrogen (secondary N) is 2. The molecule has 0 bridgehead atoms. The Morgan fingerprint density at radius 2 is 1.93 bits per heavy atom. The maximum atomic E-state index is 14.9. The van der Waals surface area contributed by atoms with E-state index in [-0.39, 0.29) is 36.5 Å². The number of hydrogen-bond acceptors (Lipinski definition) is 6. The minimum atomic E-state index is -1.08. The zero-order valence-electron chi connectivity index (χ0n) is 25.1. The van der Waals surface area contributed by atoms with Gasteiger partial charge in [-0.15, -0.1) is 0 Å². The molecule has 9 heteroatoms. The van der Waals surface area contributed by atoms with Gasteiger partial charge >= 0.3 is 5.97 Å². The number of amides is 1. The van der Waals surface area contributed by atoms with Gasteiger partial charge in [-0.05, 0) is 80.7 Å². The normalized spacial score (nSPS) is 14.1. The molecule has 0 fully saturated rings. The van der Waals surface area contributed by atoms with Crippen LogP contribution in [0.3, 0.4) is 0 Å². The maximum Gasteiger partial charge on any atom is 0.305 e. The average Bonchev–Trinajstić information content (AvgIpc) is 2.90. The van der Waals surface area contributed by atoms with Crippen LogP contribution in [0.1, 0.15) is 96.0 Å². The van der Waals surface area contributed by atoms with Gasteiger partial charge in [-0.2, -0.15) is 0 Å². The summed E-state index contributed by atoms with van der Waals surface area (Å²) in [4.78, 5) is 28.8. The summed E-state index contributed by atoms with van der Waals surface area (Å²) in [6.45, 7) is 12.1. The zero-order chi connectivity index (χ0) is 30.0. The molecule has 1 aliphatic rings. The Morgan fingerprint density at radius 3 is 2.63 bits per heavy atom. The van der Waals surface area contributed by atoms with Crippen molar-refractivity contribution in [3.63, 3.8) is 0 Å². The van der Waals surface area contributed by atoms with Crippen LogP contribution in [0.2, 0.25) is 0 Å². The summed E-state index contributed by atoms with van der Waals surface area (Å²) in [5.41, 5.74) is 2.23. The van der Waals surface area contributed by atoms with Crippen molar-refractivity contribution in [3.8, 4) is 5.75 Å². The van der Waals surface area contributed by atoms with E-state index in [9.17, 15) is 19.1 Å². The Bertz CT molecular complexity index is 1180. The SMILES string of the molecule is CC(C)(C)COC(C)(C)CCOc1ccc([C@H](CC(=O)O)NC(=O)CCCCc2ccc3c(n2)NCCC3)cc1F. The minimum absolute atomic E-state index is 0.0408. The van der Waals surface area contributed by atoms with Crippen LogP contribution >= 0.6 is 0 Å². The van der Waals surface area contributed by atoms with Crippen molar-refractivity contribution < 1.29 is 28.6 Å². The van der Waals surface area contributed by atoms with E-state index in [1.807, 2.05) is 19.9 Å². The van der Waals surface area contributed by atoms with Gasteiger partial charge in [-0.25, -0.2) is 9.37 Å². The molecule has 2 aromatic rings. The Kier molecular flexibility index (Phi) is 11.5. The van der Waals surface area contributed by atoms with E-state index in [0.29, 0.717) is 25.0 Å². The standard InChI is InChI=1S/C32H46FN3O5/c1-31(2,3)21-41-32(4,5)16-18-40-27-15-13-23(19-25(27)33)26(20-29(38)39)36-28(37)11-7-6-10-24-14-12-22-9-8-17-34-30(22)35-24/h12-15,19,26H,6-11,16-18,20-21H2,1-5H3,(H,34,35)(H,36,37)(H,38,39)/t26-/m0/s1. The van der Waals surface area contributed by atoms with Crippen LogP contribution in [0.15, 0.2) is 30.3 Å². The summed E-state index contributed by atoms with van der Waals surface area (Å²) < 4.78 is 26.6. The predicted octanol–water partition coefficient (Wildman–Crippen LogP) is 6.23. The number of halogens is 1. The number of aryl methyl sites for hydroxylation is 2. The number of aromatic nitrogens is 1. The van der Waals surface area contributed by atoms with E-state index >= 15 is 0 Å². The molecule has 41 heavy (non-hydrogen) atoms. The van der Waals surface area contributed by atoms with Crippen molar-refractivity contribution in [1.82, 2.24) is 10.3 Å². The molecule has 2 heterocycles. The summed E-state index contributed by atoms with van der Waals surface area (Å²) in [5.74, 6) is -0.921. The van der Waals surface area contributed by atoms with Crippen LogP contribution in [0.25, 0.3) is 0 Å². The largest absolute Gasteiger partial charge is 0.490 e. The highest BCUT2D eigenvalue weighted by Crippen LogP contribution is 2.26. The third-order valence-electron chi connectivity index (χ3n) is 6.97. The van der Waals surface area contributed by atoms with Gasteiger partial charge in [0.1, 0.15) is 5.82 Å². The number of aliphatic carboxylic acids is 1. The van der Waals surface area contributed by atoms with Gasteiger partial charge in [0.15, 0.2) is 11.6 Å². The highest BCUT2D eigenvalue weighted by Gasteiger charge is 2.23. The first-order valence-electron chi connectivity index (χ1n) is 14.6. The Morgan fingerprint density at radius 1 is 1.15 bits per heavy atom. The predicted molar refractivity (Wildman–Crippen MR) is 158 cm³/mol. The molecule has 0 saturated carbocycles. The lowest BCUT2D eigenvalue weighted by Crippen LogP contribution is -2.31. The van der Waals surface area contributed by atoms with Crippen LogP contribution < -0.4 is 15.4 Å². The van der Waals surface area contributed by atoms with Gasteiger partial charge in [-0.3, -0.25) is 9.59 Å². The number of carboxylic acid groups (broad SMARTS) is 1. The van der Waals surface area contributed by atoms with Crippen molar-refractivity contribution >= 4 is 17.7 Å². The molecule has 1 aromatic carbocycles. The number of rotatable bonds is 15. The van der Waals surface area contributed by atoms with Gasteiger partial charge in [-0.1, -0.05) is 32.9 Å². The lowest BCUT2D eigenvalue weighted by Gasteiger charge is -2.29. The van der Waals surface area contributed by atoms with Crippen molar-refractivity contribution in [2.24, 2.45) is 5.41 Å². The monoisotopic (exact) mass is 571 g/mol. The number of benzene rings is 1. The fraction of sp³-hybridized carbons (Fsp3) is 0.594. The number of pyridine rings is 1. The number of nitrogens with zero attached hydrogens (tertiary/aromatic N) is 1. The second-order valence-corrected chi connectivity index (χ2v) is 12.7. The molecule has 0 unspecified atom stereocenters. The summed E-state index contributed by atoms with van der Waals surface area (Å²) in [7, 11) is 0. The highest BCUT2D eigenvalue weighted by molar-refractivity contribution is 5.77. The first-order chi connectivity index (χ1) is 19.3. The first kappa shape index (κ1) is 32.3. The second kappa shape index (κ2) is 14.6. The Balaban J connectivity index is 1.48. The fourth-order valence-electron chi connectivity index (χ4n) is 4.53. The Labute approximate surface area is 243 Å². The van der Waals surface area contributed by atoms with Gasteiger partial charge in [0.05, 0.1) is 31.3 Å². The smallest absolute Gasteiger partial charge is 0.305 e. The van der Waals surface area contributed by atoms with E-state index in [2.05, 4.69) is 42.5 Å². The Hall–Kier alpha value is -3.20. The molecule has 1 aliphatic heterocycles. The van der Waals surface area contributed by atoms with E-state index < -0.39 is 23.4 Å². The molecule has 1 atom stereocenters. The topological polar surface area (TPSA) is 110 Å². The lowest BCUT2D eigenvalue weighted by molar-refractivity contribution is -0.137. The number of hydrogen-bond donors (Lipinski definition) is 3. The van der Waals surface area contributed by atoms with Crippen LogP contribution in [0.4, 0.5) is 10.2 Å². The van der Waals surface area contributed by atoms with Gasteiger partial charge in [0, 0.05) is 25.1 Å². The van der Waals surface area contributed by atoms with Crippen molar-refractivity contribution in [2.75, 3.05) is 25.1 Å². The number of carboxylic acids is 1. The molecular weight excluding hydrogens is 525 g/mol. The quantitative estimate of drug-likeness (QED) is 0.217. The first-order valence-corrected chi connectivity index (χ1v) is 14.6. The maximum absolute atomic E-state index is 14.9. The molecule has 0 spiro atoms. The van der Waals surface area contributed by atoms with Gasteiger partial charge in [0.2, 0.25) is 5.91 Å². The fourth-order valence-corrected chi connectivity index (χ4v) is 4.53. The van der Waals surface area contributed by atoms with Crippen LogP contribution in [-0.2, 0) is 27.2 Å². The number of carbonyl (C=O) groups excluding carboxylic acids is 1. The molecule has 3 N–H and O–H groups in total. The van der Waals surface area contributed by atoms with E-state index in [1.54, 1.807) is 6.07 Å². The molecule has 1 aromatic heterocycles. The molecule has 0 saturated heterocycles. The third-order valence-corrected chi connectivity index (χ3v) is 6.97. The average molecular weight is 572 g/mol.